The number of allylic oxidation sites excluding steroid dienone is 1. The Bertz CT molecular complexity index is 494. The predicted molar refractivity (Wildman–Crippen MR) is 57.3 cm³/mol. The first-order valence-corrected chi connectivity index (χ1v) is 4.82. The van der Waals surface area contributed by atoms with Gasteiger partial charge in [0, 0.05) is 18.8 Å². The average molecular weight is 242 g/mol. The maximum absolute atomic E-state index is 12.9. The zero-order chi connectivity index (χ0) is 12.6. The lowest BCUT2D eigenvalue weighted by Gasteiger charge is -2.13. The van der Waals surface area contributed by atoms with Crippen LogP contribution in [0.4, 0.5) is 23.7 Å². The van der Waals surface area contributed by atoms with Gasteiger partial charge in [-0.1, -0.05) is 18.2 Å². The number of anilines is 1. The molecule has 1 aromatic rings. The van der Waals surface area contributed by atoms with E-state index in [2.05, 4.69) is 5.32 Å². The molecule has 0 unspecified atom stereocenters. The Balaban J connectivity index is 2.63. The number of amides is 2. The van der Waals surface area contributed by atoms with Gasteiger partial charge >= 0.3 is 12.2 Å². The van der Waals surface area contributed by atoms with E-state index in [0.717, 1.165) is 11.1 Å². The maximum atomic E-state index is 12.9. The number of para-hydroxylation sites is 1. The molecule has 2 amide bonds. The van der Waals surface area contributed by atoms with Crippen molar-refractivity contribution >= 4 is 17.3 Å². The van der Waals surface area contributed by atoms with Crippen molar-refractivity contribution in [3.63, 3.8) is 0 Å². The molecule has 0 spiro atoms. The minimum atomic E-state index is -4.50. The molecule has 0 aliphatic carbocycles. The number of halogens is 3. The van der Waals surface area contributed by atoms with E-state index in [1.165, 1.54) is 25.2 Å². The summed E-state index contributed by atoms with van der Waals surface area (Å²) >= 11 is 0. The first kappa shape index (κ1) is 11.5. The number of urea groups is 1. The summed E-state index contributed by atoms with van der Waals surface area (Å²) in [5.74, 6) is 0. The van der Waals surface area contributed by atoms with Crippen LogP contribution < -0.4 is 5.32 Å². The third kappa shape index (κ3) is 2.11. The summed E-state index contributed by atoms with van der Waals surface area (Å²) in [7, 11) is 1.27. The molecule has 2 rings (SSSR count). The van der Waals surface area contributed by atoms with Crippen LogP contribution in [0.3, 0.4) is 0 Å². The topological polar surface area (TPSA) is 32.3 Å². The SMILES string of the molecule is CN1C=C(C(F)(F)F)c2ccccc2NC1=O. The Morgan fingerprint density at radius 2 is 1.88 bits per heavy atom. The number of hydrogen-bond acceptors (Lipinski definition) is 1. The van der Waals surface area contributed by atoms with E-state index in [1.54, 1.807) is 6.07 Å². The molecule has 1 aliphatic rings. The van der Waals surface area contributed by atoms with E-state index < -0.39 is 17.8 Å². The van der Waals surface area contributed by atoms with Gasteiger partial charge < -0.3 is 10.2 Å². The molecule has 1 aromatic carbocycles. The fraction of sp³-hybridized carbons (Fsp3) is 0.182. The normalized spacial score (nSPS) is 15.9. The van der Waals surface area contributed by atoms with Crippen LogP contribution in [0.15, 0.2) is 30.5 Å². The Morgan fingerprint density at radius 1 is 1.24 bits per heavy atom. The first-order valence-electron chi connectivity index (χ1n) is 4.82. The number of carbonyl (C=O) groups excluding carboxylic acids is 1. The minimum absolute atomic E-state index is 0.0299. The molecule has 0 radical (unpaired) electrons. The summed E-state index contributed by atoms with van der Waals surface area (Å²) < 4.78 is 38.6. The highest BCUT2D eigenvalue weighted by molar-refractivity contribution is 5.97. The molecule has 0 saturated carbocycles. The van der Waals surface area contributed by atoms with Gasteiger partial charge in [0.25, 0.3) is 0 Å². The Morgan fingerprint density at radius 3 is 2.53 bits per heavy atom. The first-order chi connectivity index (χ1) is 7.89. The lowest BCUT2D eigenvalue weighted by atomic mass is 10.0. The third-order valence-electron chi connectivity index (χ3n) is 2.41. The summed E-state index contributed by atoms with van der Waals surface area (Å²) in [4.78, 5) is 12.3. The average Bonchev–Trinajstić information content (AvgIpc) is 2.36. The summed E-state index contributed by atoms with van der Waals surface area (Å²) in [5.41, 5.74) is -0.711. The van der Waals surface area contributed by atoms with Crippen molar-refractivity contribution in [3.8, 4) is 0 Å². The summed E-state index contributed by atoms with van der Waals surface area (Å²) in [6.45, 7) is 0. The van der Waals surface area contributed by atoms with E-state index in [4.69, 9.17) is 0 Å². The van der Waals surface area contributed by atoms with Gasteiger partial charge in [-0.25, -0.2) is 4.79 Å². The number of hydrogen-bond donors (Lipinski definition) is 1. The molecule has 1 heterocycles. The van der Waals surface area contributed by atoms with E-state index in [0.29, 0.717) is 0 Å². The van der Waals surface area contributed by atoms with Gasteiger partial charge in [0.2, 0.25) is 0 Å². The third-order valence-corrected chi connectivity index (χ3v) is 2.41. The van der Waals surface area contributed by atoms with Gasteiger partial charge in [-0.05, 0) is 6.07 Å². The summed E-state index contributed by atoms with van der Waals surface area (Å²) in [5, 5.41) is 2.41. The number of benzene rings is 1. The Kier molecular flexibility index (Phi) is 2.57. The summed E-state index contributed by atoms with van der Waals surface area (Å²) in [6.07, 6.45) is -3.71. The van der Waals surface area contributed by atoms with Crippen LogP contribution in [0.2, 0.25) is 0 Å². The Labute approximate surface area is 95.5 Å². The molecule has 1 aliphatic heterocycles. The molecule has 17 heavy (non-hydrogen) atoms. The highest BCUT2D eigenvalue weighted by atomic mass is 19.4. The van der Waals surface area contributed by atoms with Crippen molar-refractivity contribution in [1.82, 2.24) is 4.90 Å². The second-order valence-electron chi connectivity index (χ2n) is 3.63. The van der Waals surface area contributed by atoms with Gasteiger partial charge in [-0.3, -0.25) is 0 Å². The molecule has 6 heteroatoms. The van der Waals surface area contributed by atoms with Crippen molar-refractivity contribution in [2.75, 3.05) is 12.4 Å². The van der Waals surface area contributed by atoms with E-state index in [-0.39, 0.29) is 11.3 Å². The van der Waals surface area contributed by atoms with Crippen LogP contribution in [-0.2, 0) is 0 Å². The summed E-state index contributed by atoms with van der Waals surface area (Å²) in [6, 6.07) is 5.23. The monoisotopic (exact) mass is 242 g/mol. The zero-order valence-corrected chi connectivity index (χ0v) is 8.88. The van der Waals surface area contributed by atoms with E-state index in [1.807, 2.05) is 0 Å². The molecular weight excluding hydrogens is 233 g/mol. The number of nitrogens with zero attached hydrogens (tertiary/aromatic N) is 1. The number of fused-ring (bicyclic) bond motifs is 1. The highest BCUT2D eigenvalue weighted by Gasteiger charge is 2.38. The van der Waals surface area contributed by atoms with Gasteiger partial charge in [-0.2, -0.15) is 13.2 Å². The molecule has 0 saturated heterocycles. The second kappa shape index (κ2) is 3.80. The molecule has 1 N–H and O–H groups in total. The molecule has 90 valence electrons. The van der Waals surface area contributed by atoms with Crippen molar-refractivity contribution in [2.45, 2.75) is 6.18 Å². The number of carbonyl (C=O) groups is 1. The molecule has 0 fully saturated rings. The van der Waals surface area contributed by atoms with Crippen molar-refractivity contribution in [2.24, 2.45) is 0 Å². The van der Waals surface area contributed by atoms with Crippen molar-refractivity contribution in [3.05, 3.63) is 36.0 Å². The molecule has 0 atom stereocenters. The number of rotatable bonds is 0. The van der Waals surface area contributed by atoms with Gasteiger partial charge in [0.05, 0.1) is 11.3 Å². The Hall–Kier alpha value is -1.98. The lowest BCUT2D eigenvalue weighted by molar-refractivity contribution is -0.0693. The zero-order valence-electron chi connectivity index (χ0n) is 8.88. The van der Waals surface area contributed by atoms with Crippen molar-refractivity contribution in [1.29, 1.82) is 0 Å². The fourth-order valence-corrected chi connectivity index (χ4v) is 1.58. The largest absolute Gasteiger partial charge is 0.418 e. The van der Waals surface area contributed by atoms with Crippen LogP contribution in [0.25, 0.3) is 5.57 Å². The molecule has 0 bridgehead atoms. The maximum Gasteiger partial charge on any atom is 0.418 e. The predicted octanol–water partition coefficient (Wildman–Crippen LogP) is 3.07. The van der Waals surface area contributed by atoms with Crippen LogP contribution in [-0.4, -0.2) is 24.2 Å². The van der Waals surface area contributed by atoms with E-state index in [9.17, 15) is 18.0 Å². The fourth-order valence-electron chi connectivity index (χ4n) is 1.58. The second-order valence-corrected chi connectivity index (χ2v) is 3.63. The quantitative estimate of drug-likeness (QED) is 0.745. The smallest absolute Gasteiger partial charge is 0.307 e. The number of alkyl halides is 3. The highest BCUT2D eigenvalue weighted by Crippen LogP contribution is 2.38. The van der Waals surface area contributed by atoms with Crippen LogP contribution in [0.5, 0.6) is 0 Å². The van der Waals surface area contributed by atoms with Gasteiger partial charge in [-0.15, -0.1) is 0 Å². The molecule has 3 nitrogen and oxygen atoms in total. The molecular formula is C11H9F3N2O. The standard InChI is InChI=1S/C11H9F3N2O/c1-16-6-8(11(12,13)14)7-4-2-3-5-9(7)15-10(16)17/h2-6H,1H3,(H,15,17). The van der Waals surface area contributed by atoms with E-state index >= 15 is 0 Å². The van der Waals surface area contributed by atoms with Crippen LogP contribution >= 0.6 is 0 Å². The van der Waals surface area contributed by atoms with Gasteiger partial charge in [0.1, 0.15) is 0 Å². The van der Waals surface area contributed by atoms with Crippen LogP contribution in [0.1, 0.15) is 5.56 Å². The number of nitrogens with one attached hydrogen (secondary N) is 1. The van der Waals surface area contributed by atoms with Gasteiger partial charge in [0.15, 0.2) is 0 Å². The minimum Gasteiger partial charge on any atom is -0.307 e. The van der Waals surface area contributed by atoms with Crippen LogP contribution in [0, 0.1) is 0 Å². The lowest BCUT2D eigenvalue weighted by Crippen LogP contribution is -2.25. The molecule has 0 aromatic heterocycles. The van der Waals surface area contributed by atoms with Crippen molar-refractivity contribution < 1.29 is 18.0 Å².